The fourth-order valence-electron chi connectivity index (χ4n) is 1.53. The fraction of sp³-hybridized carbons (Fsp3) is 0.300. The summed E-state index contributed by atoms with van der Waals surface area (Å²) in [4.78, 5) is 20.1. The maximum atomic E-state index is 11.8. The van der Waals surface area contributed by atoms with E-state index in [1.54, 1.807) is 19.9 Å². The average Bonchev–Trinajstić information content (AvgIpc) is 2.44. The molecule has 0 spiro atoms. The number of hydrogen-bond donors (Lipinski definition) is 2. The first-order valence-electron chi connectivity index (χ1n) is 4.89. The number of aromatic amines is 1. The largest absolute Gasteiger partial charge is 0.393 e. The Morgan fingerprint density at radius 2 is 2.00 bits per heavy atom. The molecule has 6 heteroatoms. The van der Waals surface area contributed by atoms with Crippen molar-refractivity contribution in [3.63, 3.8) is 0 Å². The van der Waals surface area contributed by atoms with Crippen molar-refractivity contribution in [3.05, 3.63) is 33.6 Å². The fourth-order valence-corrected chi connectivity index (χ4v) is 1.53. The van der Waals surface area contributed by atoms with Crippen molar-refractivity contribution in [1.82, 2.24) is 19.7 Å². The molecule has 2 rings (SSSR count). The molecular formula is C10H13N5O. The summed E-state index contributed by atoms with van der Waals surface area (Å²) in [5.41, 5.74) is 6.99. The Labute approximate surface area is 92.1 Å². The summed E-state index contributed by atoms with van der Waals surface area (Å²) in [6, 6.07) is 1.73. The van der Waals surface area contributed by atoms with E-state index in [-0.39, 0.29) is 11.2 Å². The monoisotopic (exact) mass is 219 g/mol. The predicted molar refractivity (Wildman–Crippen MR) is 60.6 cm³/mol. The highest BCUT2D eigenvalue weighted by atomic mass is 16.1. The van der Waals surface area contributed by atoms with Crippen LogP contribution in [0.25, 0.3) is 5.82 Å². The van der Waals surface area contributed by atoms with Crippen LogP contribution in [0.3, 0.4) is 0 Å². The van der Waals surface area contributed by atoms with Crippen LogP contribution >= 0.6 is 0 Å². The zero-order valence-electron chi connectivity index (χ0n) is 9.40. The summed E-state index contributed by atoms with van der Waals surface area (Å²) in [7, 11) is 0. The van der Waals surface area contributed by atoms with Crippen molar-refractivity contribution in [2.75, 3.05) is 5.73 Å². The molecule has 16 heavy (non-hydrogen) atoms. The van der Waals surface area contributed by atoms with Crippen molar-refractivity contribution in [1.29, 1.82) is 0 Å². The second-order valence-corrected chi connectivity index (χ2v) is 3.71. The molecule has 6 nitrogen and oxygen atoms in total. The first-order chi connectivity index (χ1) is 7.49. The normalized spacial score (nSPS) is 10.7. The van der Waals surface area contributed by atoms with Gasteiger partial charge in [0, 0.05) is 11.8 Å². The van der Waals surface area contributed by atoms with Crippen LogP contribution in [-0.4, -0.2) is 19.7 Å². The van der Waals surface area contributed by atoms with E-state index in [1.165, 1.54) is 4.68 Å². The molecule has 0 atom stereocenters. The van der Waals surface area contributed by atoms with Crippen LogP contribution in [0.4, 0.5) is 5.69 Å². The number of nitrogen functional groups attached to an aromatic ring is 1. The van der Waals surface area contributed by atoms with Crippen molar-refractivity contribution < 1.29 is 0 Å². The summed E-state index contributed by atoms with van der Waals surface area (Å²) < 4.78 is 1.33. The zero-order valence-corrected chi connectivity index (χ0v) is 9.40. The van der Waals surface area contributed by atoms with Crippen LogP contribution in [0.5, 0.6) is 0 Å². The third-order valence-corrected chi connectivity index (χ3v) is 2.30. The molecule has 0 unspecified atom stereocenters. The molecule has 0 saturated carbocycles. The van der Waals surface area contributed by atoms with E-state index >= 15 is 0 Å². The van der Waals surface area contributed by atoms with Gasteiger partial charge in [0.2, 0.25) is 0 Å². The number of nitrogens with zero attached hydrogens (tertiary/aromatic N) is 3. The van der Waals surface area contributed by atoms with Crippen molar-refractivity contribution in [2.45, 2.75) is 20.8 Å². The molecule has 3 N–H and O–H groups in total. The number of rotatable bonds is 1. The van der Waals surface area contributed by atoms with E-state index in [9.17, 15) is 4.79 Å². The standard InChI is InChI=1S/C10H13N5O/c1-5-4-8(13-7(3)12-5)15-10(16)9(11)6(2)14-15/h4,14H,11H2,1-3H3. The minimum absolute atomic E-state index is 0.217. The van der Waals surface area contributed by atoms with Gasteiger partial charge in [-0.1, -0.05) is 0 Å². The summed E-state index contributed by atoms with van der Waals surface area (Å²) >= 11 is 0. The van der Waals surface area contributed by atoms with Gasteiger partial charge in [-0.2, -0.15) is 4.68 Å². The molecule has 0 radical (unpaired) electrons. The third-order valence-electron chi connectivity index (χ3n) is 2.30. The number of H-pyrrole nitrogens is 1. The summed E-state index contributed by atoms with van der Waals surface area (Å²) in [5.74, 6) is 1.13. The lowest BCUT2D eigenvalue weighted by molar-refractivity contribution is 0.789. The van der Waals surface area contributed by atoms with Gasteiger partial charge in [0.15, 0.2) is 5.82 Å². The van der Waals surface area contributed by atoms with Crippen LogP contribution < -0.4 is 11.3 Å². The smallest absolute Gasteiger partial charge is 0.296 e. The highest BCUT2D eigenvalue weighted by Crippen LogP contribution is 2.07. The zero-order chi connectivity index (χ0) is 11.9. The predicted octanol–water partition coefficient (Wildman–Crippen LogP) is 0.463. The SMILES string of the molecule is Cc1cc(-n2[nH]c(C)c(N)c2=O)nc(C)n1. The van der Waals surface area contributed by atoms with Gasteiger partial charge < -0.3 is 5.73 Å². The topological polar surface area (TPSA) is 89.6 Å². The first kappa shape index (κ1) is 10.4. The maximum Gasteiger partial charge on any atom is 0.296 e. The molecule has 0 fully saturated rings. The number of anilines is 1. The Morgan fingerprint density at radius 1 is 1.31 bits per heavy atom. The third kappa shape index (κ3) is 1.58. The maximum absolute atomic E-state index is 11.8. The van der Waals surface area contributed by atoms with E-state index in [0.29, 0.717) is 17.3 Å². The molecule has 2 aromatic rings. The molecule has 0 aliphatic heterocycles. The molecule has 84 valence electrons. The van der Waals surface area contributed by atoms with E-state index < -0.39 is 0 Å². The first-order valence-corrected chi connectivity index (χ1v) is 4.89. The van der Waals surface area contributed by atoms with Crippen molar-refractivity contribution >= 4 is 5.69 Å². The highest BCUT2D eigenvalue weighted by Gasteiger charge is 2.10. The van der Waals surface area contributed by atoms with Crippen LogP contribution in [0.1, 0.15) is 17.2 Å². The number of nitrogens with two attached hydrogens (primary N) is 1. The Balaban J connectivity index is 2.67. The van der Waals surface area contributed by atoms with E-state index in [1.807, 2.05) is 6.92 Å². The van der Waals surface area contributed by atoms with E-state index in [0.717, 1.165) is 5.69 Å². The minimum atomic E-state index is -0.282. The molecule has 2 aromatic heterocycles. The summed E-state index contributed by atoms with van der Waals surface area (Å²) in [6.07, 6.45) is 0. The second-order valence-electron chi connectivity index (χ2n) is 3.71. The molecule has 0 aromatic carbocycles. The molecule has 0 aliphatic carbocycles. The Kier molecular flexibility index (Phi) is 2.26. The lowest BCUT2D eigenvalue weighted by Crippen LogP contribution is -2.18. The lowest BCUT2D eigenvalue weighted by atomic mass is 10.4. The van der Waals surface area contributed by atoms with Gasteiger partial charge in [-0.05, 0) is 20.8 Å². The van der Waals surface area contributed by atoms with Gasteiger partial charge >= 0.3 is 0 Å². The van der Waals surface area contributed by atoms with E-state index in [2.05, 4.69) is 15.1 Å². The number of hydrogen-bond acceptors (Lipinski definition) is 4. The highest BCUT2D eigenvalue weighted by molar-refractivity contribution is 5.42. The minimum Gasteiger partial charge on any atom is -0.393 e. The average molecular weight is 219 g/mol. The Bertz CT molecular complexity index is 575. The Morgan fingerprint density at radius 3 is 2.50 bits per heavy atom. The molecule has 2 heterocycles. The summed E-state index contributed by atoms with van der Waals surface area (Å²) in [5, 5.41) is 2.87. The van der Waals surface area contributed by atoms with Crippen molar-refractivity contribution in [3.8, 4) is 5.82 Å². The van der Waals surface area contributed by atoms with Crippen LogP contribution in [0.15, 0.2) is 10.9 Å². The van der Waals surface area contributed by atoms with Crippen molar-refractivity contribution in [2.24, 2.45) is 0 Å². The van der Waals surface area contributed by atoms with Gasteiger partial charge in [0.25, 0.3) is 5.56 Å². The molecule has 0 amide bonds. The van der Waals surface area contributed by atoms with E-state index in [4.69, 9.17) is 5.73 Å². The van der Waals surface area contributed by atoms with Gasteiger partial charge in [-0.15, -0.1) is 0 Å². The molecule has 0 saturated heterocycles. The van der Waals surface area contributed by atoms with Crippen LogP contribution in [-0.2, 0) is 0 Å². The van der Waals surface area contributed by atoms with Gasteiger partial charge in [0.05, 0.1) is 5.69 Å². The van der Waals surface area contributed by atoms with Crippen LogP contribution in [0.2, 0.25) is 0 Å². The second kappa shape index (κ2) is 3.48. The summed E-state index contributed by atoms with van der Waals surface area (Å²) in [6.45, 7) is 5.37. The van der Waals surface area contributed by atoms with Gasteiger partial charge in [-0.25, -0.2) is 9.97 Å². The Hall–Kier alpha value is -2.11. The van der Waals surface area contributed by atoms with Gasteiger partial charge in [0.1, 0.15) is 11.5 Å². The molecular weight excluding hydrogens is 206 g/mol. The molecule has 0 bridgehead atoms. The number of aromatic nitrogens is 4. The van der Waals surface area contributed by atoms with Crippen LogP contribution in [0, 0.1) is 20.8 Å². The number of nitrogens with one attached hydrogen (secondary N) is 1. The number of aryl methyl sites for hydroxylation is 3. The molecule has 0 aliphatic rings. The lowest BCUT2D eigenvalue weighted by Gasteiger charge is -2.02. The van der Waals surface area contributed by atoms with Gasteiger partial charge in [-0.3, -0.25) is 9.89 Å². The quantitative estimate of drug-likeness (QED) is 0.729.